The topological polar surface area (TPSA) is 64.0 Å². The van der Waals surface area contributed by atoms with E-state index in [1.54, 1.807) is 11.3 Å². The van der Waals surface area contributed by atoms with E-state index in [2.05, 4.69) is 17.3 Å². The molecule has 26 heavy (non-hydrogen) atoms. The Kier molecular flexibility index (Phi) is 3.75. The summed E-state index contributed by atoms with van der Waals surface area (Å²) in [6.07, 6.45) is 10.6. The maximum Gasteiger partial charge on any atom is 0.280 e. The van der Waals surface area contributed by atoms with Crippen LogP contribution in [-0.4, -0.2) is 15.6 Å². The molecule has 4 aliphatic rings. The molecule has 4 fully saturated rings. The van der Waals surface area contributed by atoms with Crippen LogP contribution in [0.5, 0.6) is 0 Å². The quantitative estimate of drug-likeness (QED) is 0.891. The standard InChI is InChI=1S/C20H25N3O2S/c1-2-15-6-16-18(26-15)21-11-23(19(16)25)22-17(24)10-20-7-12-3-13(8-20)5-14(4-12)9-20/h6,11-14H,2-5,7-10H2,1H3,(H,22,24). The van der Waals surface area contributed by atoms with E-state index in [9.17, 15) is 9.59 Å². The monoisotopic (exact) mass is 371 g/mol. The van der Waals surface area contributed by atoms with Crippen molar-refractivity contribution in [3.8, 4) is 0 Å². The smallest absolute Gasteiger partial charge is 0.273 e. The zero-order chi connectivity index (χ0) is 17.9. The van der Waals surface area contributed by atoms with Crippen molar-refractivity contribution in [2.24, 2.45) is 23.2 Å². The van der Waals surface area contributed by atoms with E-state index in [0.29, 0.717) is 11.8 Å². The summed E-state index contributed by atoms with van der Waals surface area (Å²) in [6, 6.07) is 1.90. The molecule has 4 bridgehead atoms. The van der Waals surface area contributed by atoms with Gasteiger partial charge in [0.15, 0.2) is 0 Å². The van der Waals surface area contributed by atoms with Gasteiger partial charge in [0.2, 0.25) is 5.91 Å². The lowest BCUT2D eigenvalue weighted by Gasteiger charge is -2.56. The number of aryl methyl sites for hydroxylation is 1. The Bertz CT molecular complexity index is 893. The number of fused-ring (bicyclic) bond motifs is 1. The largest absolute Gasteiger partial charge is 0.280 e. The maximum absolute atomic E-state index is 12.8. The van der Waals surface area contributed by atoms with Gasteiger partial charge in [-0.05, 0) is 74.2 Å². The summed E-state index contributed by atoms with van der Waals surface area (Å²) in [5, 5.41) is 0.601. The molecule has 4 saturated carbocycles. The van der Waals surface area contributed by atoms with Crippen LogP contribution in [-0.2, 0) is 11.2 Å². The lowest BCUT2D eigenvalue weighted by atomic mass is 9.49. The number of rotatable bonds is 4. The van der Waals surface area contributed by atoms with Crippen LogP contribution in [0.4, 0.5) is 0 Å². The van der Waals surface area contributed by atoms with Crippen molar-refractivity contribution in [2.45, 2.75) is 58.3 Å². The zero-order valence-corrected chi connectivity index (χ0v) is 16.0. The molecule has 2 heterocycles. The van der Waals surface area contributed by atoms with E-state index >= 15 is 0 Å². The van der Waals surface area contributed by atoms with Crippen LogP contribution in [0.15, 0.2) is 17.2 Å². The molecule has 0 spiro atoms. The Hall–Kier alpha value is -1.69. The Balaban J connectivity index is 1.35. The lowest BCUT2D eigenvalue weighted by Crippen LogP contribution is -2.48. The minimum absolute atomic E-state index is 0.0406. The second-order valence-corrected chi connectivity index (χ2v) is 9.95. The first-order valence-corrected chi connectivity index (χ1v) is 10.7. The molecule has 0 atom stereocenters. The fourth-order valence-corrected chi connectivity index (χ4v) is 7.17. The molecule has 6 rings (SSSR count). The fraction of sp³-hybridized carbons (Fsp3) is 0.650. The van der Waals surface area contributed by atoms with Crippen LogP contribution in [0.2, 0.25) is 0 Å². The summed E-state index contributed by atoms with van der Waals surface area (Å²) in [5.74, 6) is 2.44. The summed E-state index contributed by atoms with van der Waals surface area (Å²) in [5.41, 5.74) is 2.81. The molecule has 4 aliphatic carbocycles. The summed E-state index contributed by atoms with van der Waals surface area (Å²) >= 11 is 1.55. The highest BCUT2D eigenvalue weighted by Crippen LogP contribution is 2.61. The SMILES string of the molecule is CCc1cc2c(=O)n(NC(=O)CC34CC5CC(CC(C5)C3)C4)cnc2s1. The number of aromatic nitrogens is 2. The molecule has 6 heteroatoms. The Morgan fingerprint density at radius 2 is 1.92 bits per heavy atom. The summed E-state index contributed by atoms with van der Waals surface area (Å²) < 4.78 is 1.28. The van der Waals surface area contributed by atoms with Crippen LogP contribution in [0, 0.1) is 23.2 Å². The zero-order valence-electron chi connectivity index (χ0n) is 15.2. The van der Waals surface area contributed by atoms with E-state index in [1.807, 2.05) is 6.07 Å². The van der Waals surface area contributed by atoms with Gasteiger partial charge in [-0.15, -0.1) is 11.3 Å². The first-order valence-electron chi connectivity index (χ1n) is 9.83. The average Bonchev–Trinajstić information content (AvgIpc) is 3.00. The van der Waals surface area contributed by atoms with Gasteiger partial charge in [-0.1, -0.05) is 6.92 Å². The number of nitrogens with zero attached hydrogens (tertiary/aromatic N) is 2. The van der Waals surface area contributed by atoms with Gasteiger partial charge in [-0.3, -0.25) is 15.0 Å². The normalized spacial score (nSPS) is 32.3. The van der Waals surface area contributed by atoms with Crippen molar-refractivity contribution >= 4 is 27.5 Å². The third-order valence-electron chi connectivity index (χ3n) is 6.80. The number of hydrogen-bond donors (Lipinski definition) is 1. The van der Waals surface area contributed by atoms with Crippen LogP contribution < -0.4 is 11.0 Å². The van der Waals surface area contributed by atoms with Crippen molar-refractivity contribution < 1.29 is 4.79 Å². The molecule has 1 N–H and O–H groups in total. The van der Waals surface area contributed by atoms with E-state index in [4.69, 9.17) is 0 Å². The van der Waals surface area contributed by atoms with E-state index in [0.717, 1.165) is 33.9 Å². The van der Waals surface area contributed by atoms with Crippen LogP contribution >= 0.6 is 11.3 Å². The van der Waals surface area contributed by atoms with Crippen molar-refractivity contribution in [1.82, 2.24) is 9.66 Å². The highest BCUT2D eigenvalue weighted by atomic mass is 32.1. The predicted octanol–water partition coefficient (Wildman–Crippen LogP) is 3.70. The van der Waals surface area contributed by atoms with Gasteiger partial charge in [-0.2, -0.15) is 0 Å². The minimum atomic E-state index is -0.176. The first kappa shape index (κ1) is 16.5. The minimum Gasteiger partial charge on any atom is -0.273 e. The third kappa shape index (κ3) is 2.70. The Labute approximate surface area is 156 Å². The van der Waals surface area contributed by atoms with Gasteiger partial charge in [0.05, 0.1) is 5.39 Å². The van der Waals surface area contributed by atoms with E-state index < -0.39 is 0 Å². The molecule has 2 aromatic rings. The number of carbonyl (C=O) groups excluding carboxylic acids is 1. The van der Waals surface area contributed by atoms with Crippen molar-refractivity contribution in [3.63, 3.8) is 0 Å². The summed E-state index contributed by atoms with van der Waals surface area (Å²) in [6.45, 7) is 2.07. The number of nitrogens with one attached hydrogen (secondary N) is 1. The number of hydrogen-bond acceptors (Lipinski definition) is 4. The van der Waals surface area contributed by atoms with Gasteiger partial charge in [-0.25, -0.2) is 9.66 Å². The molecule has 1 amide bonds. The van der Waals surface area contributed by atoms with Crippen molar-refractivity contribution in [3.05, 3.63) is 27.6 Å². The highest BCUT2D eigenvalue weighted by Gasteiger charge is 2.51. The average molecular weight is 372 g/mol. The molecule has 0 unspecified atom stereocenters. The van der Waals surface area contributed by atoms with Crippen LogP contribution in [0.1, 0.15) is 56.7 Å². The summed E-state index contributed by atoms with van der Waals surface area (Å²) in [7, 11) is 0. The molecule has 2 aromatic heterocycles. The highest BCUT2D eigenvalue weighted by molar-refractivity contribution is 7.18. The van der Waals surface area contributed by atoms with E-state index in [1.165, 1.54) is 49.5 Å². The predicted molar refractivity (Wildman–Crippen MR) is 103 cm³/mol. The van der Waals surface area contributed by atoms with Gasteiger partial charge in [0, 0.05) is 11.3 Å². The van der Waals surface area contributed by atoms with Crippen molar-refractivity contribution in [2.75, 3.05) is 5.43 Å². The van der Waals surface area contributed by atoms with Crippen LogP contribution in [0.25, 0.3) is 10.2 Å². The second kappa shape index (κ2) is 5.91. The number of carbonyl (C=O) groups is 1. The maximum atomic E-state index is 12.8. The first-order chi connectivity index (χ1) is 12.5. The Morgan fingerprint density at radius 3 is 2.54 bits per heavy atom. The number of thiophene rings is 1. The third-order valence-corrected chi connectivity index (χ3v) is 7.98. The van der Waals surface area contributed by atoms with E-state index in [-0.39, 0.29) is 16.9 Å². The lowest BCUT2D eigenvalue weighted by molar-refractivity contribution is -0.125. The molecular weight excluding hydrogens is 346 g/mol. The molecular formula is C20H25N3O2S. The number of amides is 1. The van der Waals surface area contributed by atoms with Gasteiger partial charge in [0.25, 0.3) is 5.56 Å². The molecule has 5 nitrogen and oxygen atoms in total. The molecule has 0 saturated heterocycles. The Morgan fingerprint density at radius 1 is 1.27 bits per heavy atom. The van der Waals surface area contributed by atoms with Gasteiger partial charge >= 0.3 is 0 Å². The van der Waals surface area contributed by atoms with Gasteiger partial charge < -0.3 is 0 Å². The molecule has 0 aromatic carbocycles. The van der Waals surface area contributed by atoms with Crippen molar-refractivity contribution in [1.29, 1.82) is 0 Å². The second-order valence-electron chi connectivity index (χ2n) is 8.83. The molecule has 0 aliphatic heterocycles. The fourth-order valence-electron chi connectivity index (χ4n) is 6.25. The van der Waals surface area contributed by atoms with Crippen LogP contribution in [0.3, 0.4) is 0 Å². The molecule has 138 valence electrons. The molecule has 0 radical (unpaired) electrons. The van der Waals surface area contributed by atoms with Gasteiger partial charge in [0.1, 0.15) is 11.2 Å². The summed E-state index contributed by atoms with van der Waals surface area (Å²) in [4.78, 5) is 31.7.